The van der Waals surface area contributed by atoms with Gasteiger partial charge in [-0.25, -0.2) is 0 Å². The van der Waals surface area contributed by atoms with Crippen LogP contribution in [-0.4, -0.2) is 31.1 Å². The summed E-state index contributed by atoms with van der Waals surface area (Å²) in [5, 5.41) is 3.50. The minimum Gasteiger partial charge on any atom is -0.311 e. The standard InChI is InChI=1S/C14H23BrN2/c1-4-17(5-2)10-9-16-11-13-8-6-7-12(3)14(13)15/h6-8,16H,4-5,9-11H2,1-3H3. The van der Waals surface area contributed by atoms with Gasteiger partial charge in [0.1, 0.15) is 0 Å². The molecule has 2 nitrogen and oxygen atoms in total. The number of nitrogens with zero attached hydrogens (tertiary/aromatic N) is 1. The molecule has 3 heteroatoms. The van der Waals surface area contributed by atoms with Gasteiger partial charge in [-0.15, -0.1) is 0 Å². The van der Waals surface area contributed by atoms with Crippen molar-refractivity contribution in [3.8, 4) is 0 Å². The quantitative estimate of drug-likeness (QED) is 0.778. The smallest absolute Gasteiger partial charge is 0.0249 e. The number of rotatable bonds is 7. The van der Waals surface area contributed by atoms with Crippen molar-refractivity contribution in [2.45, 2.75) is 27.3 Å². The second-order valence-electron chi connectivity index (χ2n) is 4.25. The third kappa shape index (κ3) is 4.78. The molecule has 1 aromatic rings. The van der Waals surface area contributed by atoms with Crippen LogP contribution in [0.1, 0.15) is 25.0 Å². The van der Waals surface area contributed by atoms with E-state index >= 15 is 0 Å². The Bertz CT molecular complexity index is 335. The van der Waals surface area contributed by atoms with Gasteiger partial charge in [0.05, 0.1) is 0 Å². The van der Waals surface area contributed by atoms with E-state index in [4.69, 9.17) is 0 Å². The van der Waals surface area contributed by atoms with Crippen molar-refractivity contribution >= 4 is 15.9 Å². The Hall–Kier alpha value is -0.380. The zero-order valence-corrected chi connectivity index (χ0v) is 12.7. The lowest BCUT2D eigenvalue weighted by Gasteiger charge is -2.18. The molecule has 1 N–H and O–H groups in total. The third-order valence-electron chi connectivity index (χ3n) is 3.09. The van der Waals surface area contributed by atoms with Crippen LogP contribution >= 0.6 is 15.9 Å². The highest BCUT2D eigenvalue weighted by molar-refractivity contribution is 9.10. The summed E-state index contributed by atoms with van der Waals surface area (Å²) in [6.07, 6.45) is 0. The number of likely N-dealkylation sites (N-methyl/N-ethyl adjacent to an activating group) is 1. The van der Waals surface area contributed by atoms with Crippen LogP contribution in [0.4, 0.5) is 0 Å². The summed E-state index contributed by atoms with van der Waals surface area (Å²) in [5.74, 6) is 0. The third-order valence-corrected chi connectivity index (χ3v) is 4.22. The number of hydrogen-bond acceptors (Lipinski definition) is 2. The fraction of sp³-hybridized carbons (Fsp3) is 0.571. The first-order valence-electron chi connectivity index (χ1n) is 6.36. The highest BCUT2D eigenvalue weighted by atomic mass is 79.9. The predicted octanol–water partition coefficient (Wildman–Crippen LogP) is 3.19. The van der Waals surface area contributed by atoms with E-state index < -0.39 is 0 Å². The van der Waals surface area contributed by atoms with E-state index in [-0.39, 0.29) is 0 Å². The van der Waals surface area contributed by atoms with Gasteiger partial charge in [0.15, 0.2) is 0 Å². The second-order valence-corrected chi connectivity index (χ2v) is 5.04. The van der Waals surface area contributed by atoms with Gasteiger partial charge in [-0.3, -0.25) is 0 Å². The molecule has 0 atom stereocenters. The molecule has 96 valence electrons. The highest BCUT2D eigenvalue weighted by Crippen LogP contribution is 2.20. The number of aryl methyl sites for hydroxylation is 1. The molecule has 1 aromatic carbocycles. The summed E-state index contributed by atoms with van der Waals surface area (Å²) in [6, 6.07) is 6.41. The van der Waals surface area contributed by atoms with Gasteiger partial charge < -0.3 is 10.2 Å². The molecule has 0 aliphatic carbocycles. The second kappa shape index (κ2) is 7.85. The molecule has 0 radical (unpaired) electrons. The maximum Gasteiger partial charge on any atom is 0.0249 e. The Morgan fingerprint density at radius 2 is 1.94 bits per heavy atom. The SMILES string of the molecule is CCN(CC)CCNCc1cccc(C)c1Br. The van der Waals surface area contributed by atoms with E-state index in [1.807, 2.05) is 0 Å². The number of hydrogen-bond donors (Lipinski definition) is 1. The van der Waals surface area contributed by atoms with Crippen LogP contribution in [0, 0.1) is 6.92 Å². The Morgan fingerprint density at radius 3 is 2.59 bits per heavy atom. The van der Waals surface area contributed by atoms with Gasteiger partial charge >= 0.3 is 0 Å². The summed E-state index contributed by atoms with van der Waals surface area (Å²) in [7, 11) is 0. The molecule has 0 aliphatic rings. The van der Waals surface area contributed by atoms with Gasteiger partial charge in [0.2, 0.25) is 0 Å². The topological polar surface area (TPSA) is 15.3 Å². The van der Waals surface area contributed by atoms with Crippen LogP contribution in [0.3, 0.4) is 0 Å². The van der Waals surface area contributed by atoms with Crippen molar-refractivity contribution in [3.63, 3.8) is 0 Å². The van der Waals surface area contributed by atoms with Crippen molar-refractivity contribution in [2.24, 2.45) is 0 Å². The summed E-state index contributed by atoms with van der Waals surface area (Å²) in [5.41, 5.74) is 2.64. The average Bonchev–Trinajstić information content (AvgIpc) is 2.34. The van der Waals surface area contributed by atoms with Crippen LogP contribution in [0.2, 0.25) is 0 Å². The molecule has 0 amide bonds. The molecular formula is C14H23BrN2. The molecule has 0 heterocycles. The first-order chi connectivity index (χ1) is 8.19. The molecule has 17 heavy (non-hydrogen) atoms. The normalized spacial score (nSPS) is 11.1. The zero-order chi connectivity index (χ0) is 12.7. The van der Waals surface area contributed by atoms with E-state index in [1.165, 1.54) is 15.6 Å². The first-order valence-corrected chi connectivity index (χ1v) is 7.15. The largest absolute Gasteiger partial charge is 0.311 e. The molecule has 0 saturated carbocycles. The molecule has 1 rings (SSSR count). The minimum absolute atomic E-state index is 0.934. The van der Waals surface area contributed by atoms with Gasteiger partial charge in [0.25, 0.3) is 0 Å². The van der Waals surface area contributed by atoms with E-state index in [0.717, 1.165) is 32.7 Å². The van der Waals surface area contributed by atoms with Crippen molar-refractivity contribution in [2.75, 3.05) is 26.2 Å². The van der Waals surface area contributed by atoms with E-state index in [9.17, 15) is 0 Å². The van der Waals surface area contributed by atoms with E-state index in [0.29, 0.717) is 0 Å². The molecule has 0 aliphatic heterocycles. The number of halogens is 1. The predicted molar refractivity (Wildman–Crippen MR) is 78.4 cm³/mol. The summed E-state index contributed by atoms with van der Waals surface area (Å²) < 4.78 is 1.23. The van der Waals surface area contributed by atoms with Crippen molar-refractivity contribution in [3.05, 3.63) is 33.8 Å². The minimum atomic E-state index is 0.934. The molecular weight excluding hydrogens is 276 g/mol. The molecule has 0 unspecified atom stereocenters. The van der Waals surface area contributed by atoms with Crippen molar-refractivity contribution in [1.29, 1.82) is 0 Å². The van der Waals surface area contributed by atoms with E-state index in [1.54, 1.807) is 0 Å². The van der Waals surface area contributed by atoms with Crippen LogP contribution in [0.15, 0.2) is 22.7 Å². The number of nitrogens with one attached hydrogen (secondary N) is 1. The van der Waals surface area contributed by atoms with Crippen LogP contribution in [-0.2, 0) is 6.54 Å². The lowest BCUT2D eigenvalue weighted by molar-refractivity contribution is 0.302. The lowest BCUT2D eigenvalue weighted by atomic mass is 10.1. The molecule has 0 fully saturated rings. The van der Waals surface area contributed by atoms with Gasteiger partial charge in [-0.1, -0.05) is 48.0 Å². The van der Waals surface area contributed by atoms with Gasteiger partial charge in [0, 0.05) is 24.1 Å². The number of benzene rings is 1. The Morgan fingerprint density at radius 1 is 1.24 bits per heavy atom. The molecule has 0 spiro atoms. The Labute approximate surface area is 114 Å². The Kier molecular flexibility index (Phi) is 6.78. The van der Waals surface area contributed by atoms with Crippen molar-refractivity contribution in [1.82, 2.24) is 10.2 Å². The summed E-state index contributed by atoms with van der Waals surface area (Å²) >= 11 is 3.64. The van der Waals surface area contributed by atoms with Crippen LogP contribution in [0.5, 0.6) is 0 Å². The van der Waals surface area contributed by atoms with E-state index in [2.05, 4.69) is 65.1 Å². The fourth-order valence-electron chi connectivity index (χ4n) is 1.84. The van der Waals surface area contributed by atoms with Crippen LogP contribution < -0.4 is 5.32 Å². The van der Waals surface area contributed by atoms with Gasteiger partial charge in [-0.2, -0.15) is 0 Å². The average molecular weight is 299 g/mol. The fourth-order valence-corrected chi connectivity index (χ4v) is 2.25. The summed E-state index contributed by atoms with van der Waals surface area (Å²) in [6.45, 7) is 11.9. The first kappa shape index (κ1) is 14.7. The maximum atomic E-state index is 3.64. The van der Waals surface area contributed by atoms with Crippen molar-refractivity contribution < 1.29 is 0 Å². The molecule has 0 aromatic heterocycles. The lowest BCUT2D eigenvalue weighted by Crippen LogP contribution is -2.31. The zero-order valence-electron chi connectivity index (χ0n) is 11.1. The molecule has 0 bridgehead atoms. The highest BCUT2D eigenvalue weighted by Gasteiger charge is 2.02. The monoisotopic (exact) mass is 298 g/mol. The Balaban J connectivity index is 2.33. The van der Waals surface area contributed by atoms with Crippen LogP contribution in [0.25, 0.3) is 0 Å². The van der Waals surface area contributed by atoms with Gasteiger partial charge in [-0.05, 0) is 31.1 Å². The molecule has 0 saturated heterocycles. The summed E-state index contributed by atoms with van der Waals surface area (Å²) in [4.78, 5) is 2.43. The maximum absolute atomic E-state index is 3.64.